The molecule has 0 bridgehead atoms. The van der Waals surface area contributed by atoms with E-state index in [-0.39, 0.29) is 0 Å². The molecule has 0 amide bonds. The molecule has 2 rings (SSSR count). The van der Waals surface area contributed by atoms with Crippen LogP contribution in [0.5, 0.6) is 0 Å². The molecule has 1 fully saturated rings. The van der Waals surface area contributed by atoms with Crippen LogP contribution >= 0.6 is 0 Å². The summed E-state index contributed by atoms with van der Waals surface area (Å²) in [4.78, 5) is 0. The van der Waals surface area contributed by atoms with Crippen molar-refractivity contribution in [3.05, 3.63) is 5.69 Å². The van der Waals surface area contributed by atoms with E-state index in [1.54, 1.807) is 0 Å². The smallest absolute Gasteiger partial charge is 0.169 e. The molecule has 4 nitrogen and oxygen atoms in total. The molecule has 0 spiro atoms. The van der Waals surface area contributed by atoms with E-state index < -0.39 is 0 Å². The van der Waals surface area contributed by atoms with Crippen LogP contribution in [0.1, 0.15) is 57.7 Å². The van der Waals surface area contributed by atoms with Crippen molar-refractivity contribution >= 4 is 5.82 Å². The molecule has 1 aromatic heterocycles. The lowest BCUT2D eigenvalue weighted by Crippen LogP contribution is -2.20. The molecule has 1 aliphatic carbocycles. The second kappa shape index (κ2) is 4.85. The second-order valence-corrected chi connectivity index (χ2v) is 4.80. The summed E-state index contributed by atoms with van der Waals surface area (Å²) >= 11 is 0. The maximum Gasteiger partial charge on any atom is 0.169 e. The first-order valence-electron chi connectivity index (χ1n) is 6.45. The minimum atomic E-state index is 0.530. The van der Waals surface area contributed by atoms with Crippen molar-refractivity contribution in [2.45, 2.75) is 58.4 Å². The number of rotatable bonds is 3. The highest BCUT2D eigenvalue weighted by Crippen LogP contribution is 2.34. The highest BCUT2D eigenvalue weighted by atomic mass is 15.5. The Morgan fingerprint density at radius 2 is 1.94 bits per heavy atom. The molecule has 0 radical (unpaired) electrons. The van der Waals surface area contributed by atoms with Gasteiger partial charge in [0, 0.05) is 0 Å². The third-order valence-corrected chi connectivity index (χ3v) is 3.90. The summed E-state index contributed by atoms with van der Waals surface area (Å²) in [6.07, 6.45) is 7.34. The Morgan fingerprint density at radius 3 is 2.50 bits per heavy atom. The van der Waals surface area contributed by atoms with Crippen LogP contribution in [-0.4, -0.2) is 15.0 Å². The van der Waals surface area contributed by atoms with Gasteiger partial charge < -0.3 is 5.73 Å². The van der Waals surface area contributed by atoms with E-state index in [2.05, 4.69) is 28.8 Å². The molecule has 1 saturated carbocycles. The summed E-state index contributed by atoms with van der Waals surface area (Å²) < 4.78 is 2.07. The molecule has 2 N–H and O–H groups in total. The summed E-state index contributed by atoms with van der Waals surface area (Å²) in [5.74, 6) is 1.53. The van der Waals surface area contributed by atoms with Crippen LogP contribution in [0.25, 0.3) is 0 Å². The van der Waals surface area contributed by atoms with Crippen molar-refractivity contribution in [3.8, 4) is 0 Å². The minimum Gasteiger partial charge on any atom is -0.381 e. The first kappa shape index (κ1) is 11.4. The van der Waals surface area contributed by atoms with Crippen LogP contribution in [0.3, 0.4) is 0 Å². The van der Waals surface area contributed by atoms with E-state index in [0.29, 0.717) is 11.9 Å². The van der Waals surface area contributed by atoms with Crippen LogP contribution in [0.4, 0.5) is 5.82 Å². The largest absolute Gasteiger partial charge is 0.381 e. The van der Waals surface area contributed by atoms with E-state index in [0.717, 1.165) is 18.0 Å². The Labute approximate surface area is 97.2 Å². The number of nitrogen functional groups attached to an aromatic ring is 1. The predicted octanol–water partition coefficient (Wildman–Crippen LogP) is 2.56. The molecule has 4 heteroatoms. The van der Waals surface area contributed by atoms with Gasteiger partial charge in [0.2, 0.25) is 0 Å². The van der Waals surface area contributed by atoms with Gasteiger partial charge in [-0.05, 0) is 38.0 Å². The average Bonchev–Trinajstić information content (AvgIpc) is 2.70. The van der Waals surface area contributed by atoms with Gasteiger partial charge in [-0.15, -0.1) is 5.10 Å². The number of hydrogen-bond acceptors (Lipinski definition) is 3. The van der Waals surface area contributed by atoms with Gasteiger partial charge in [-0.1, -0.05) is 25.5 Å². The van der Waals surface area contributed by atoms with Crippen molar-refractivity contribution in [3.63, 3.8) is 0 Å². The van der Waals surface area contributed by atoms with Gasteiger partial charge in [-0.3, -0.25) is 0 Å². The zero-order valence-corrected chi connectivity index (χ0v) is 10.3. The maximum absolute atomic E-state index is 5.82. The first-order chi connectivity index (χ1) is 7.76. The van der Waals surface area contributed by atoms with Gasteiger partial charge in [0.1, 0.15) is 0 Å². The predicted molar refractivity (Wildman–Crippen MR) is 65.1 cm³/mol. The third-order valence-electron chi connectivity index (χ3n) is 3.90. The van der Waals surface area contributed by atoms with Gasteiger partial charge in [-0.25, -0.2) is 4.68 Å². The highest BCUT2D eigenvalue weighted by Gasteiger charge is 2.24. The van der Waals surface area contributed by atoms with Crippen LogP contribution < -0.4 is 5.73 Å². The molecular formula is C12H22N4. The number of aromatic nitrogens is 3. The van der Waals surface area contributed by atoms with Crippen LogP contribution in [0.2, 0.25) is 0 Å². The Bertz CT molecular complexity index is 337. The minimum absolute atomic E-state index is 0.530. The Hall–Kier alpha value is -1.06. The molecule has 1 heterocycles. The van der Waals surface area contributed by atoms with Gasteiger partial charge >= 0.3 is 0 Å². The number of nitrogens with zero attached hydrogens (tertiary/aromatic N) is 3. The number of nitrogens with two attached hydrogens (primary N) is 1. The van der Waals surface area contributed by atoms with Crippen molar-refractivity contribution in [1.29, 1.82) is 0 Å². The van der Waals surface area contributed by atoms with Crippen LogP contribution in [-0.2, 0) is 6.42 Å². The van der Waals surface area contributed by atoms with Gasteiger partial charge in [0.25, 0.3) is 0 Å². The molecule has 90 valence electrons. The Balaban J connectivity index is 2.08. The van der Waals surface area contributed by atoms with Crippen molar-refractivity contribution in [2.75, 3.05) is 5.73 Å². The summed E-state index contributed by atoms with van der Waals surface area (Å²) in [6.45, 7) is 4.40. The zero-order chi connectivity index (χ0) is 11.5. The molecule has 16 heavy (non-hydrogen) atoms. The average molecular weight is 222 g/mol. The fourth-order valence-corrected chi connectivity index (χ4v) is 2.76. The lowest BCUT2D eigenvalue weighted by Gasteiger charge is -2.28. The van der Waals surface area contributed by atoms with Crippen LogP contribution in [0.15, 0.2) is 0 Å². The van der Waals surface area contributed by atoms with Crippen molar-refractivity contribution in [1.82, 2.24) is 15.0 Å². The van der Waals surface area contributed by atoms with Crippen molar-refractivity contribution < 1.29 is 0 Å². The molecule has 0 unspecified atom stereocenters. The van der Waals surface area contributed by atoms with Crippen molar-refractivity contribution in [2.24, 2.45) is 5.92 Å². The summed E-state index contributed by atoms with van der Waals surface area (Å²) in [5.41, 5.74) is 6.93. The summed E-state index contributed by atoms with van der Waals surface area (Å²) in [5, 5.41) is 8.20. The fourth-order valence-electron chi connectivity index (χ4n) is 2.76. The molecule has 1 aliphatic rings. The summed E-state index contributed by atoms with van der Waals surface area (Å²) in [6, 6.07) is 0.530. The van der Waals surface area contributed by atoms with E-state index in [1.807, 2.05) is 0 Å². The molecule has 0 aliphatic heterocycles. The fraction of sp³-hybridized carbons (Fsp3) is 0.833. The monoisotopic (exact) mass is 222 g/mol. The summed E-state index contributed by atoms with van der Waals surface area (Å²) in [7, 11) is 0. The standard InChI is InChI=1S/C12H22N4/c1-3-9-5-7-10(8-6-9)16-11(4-2)12(13)14-15-16/h9-10H,3-8,13H2,1-2H3. The second-order valence-electron chi connectivity index (χ2n) is 4.80. The van der Waals surface area contributed by atoms with Crippen LogP contribution in [0, 0.1) is 5.92 Å². The molecular weight excluding hydrogens is 200 g/mol. The quantitative estimate of drug-likeness (QED) is 0.855. The normalized spacial score (nSPS) is 25.9. The van der Waals surface area contributed by atoms with E-state index in [4.69, 9.17) is 5.73 Å². The van der Waals surface area contributed by atoms with Gasteiger partial charge in [0.15, 0.2) is 5.82 Å². The first-order valence-corrected chi connectivity index (χ1v) is 6.45. The lowest BCUT2D eigenvalue weighted by atomic mass is 9.84. The topological polar surface area (TPSA) is 56.7 Å². The number of hydrogen-bond donors (Lipinski definition) is 1. The molecule has 0 atom stereocenters. The zero-order valence-electron chi connectivity index (χ0n) is 10.3. The Kier molecular flexibility index (Phi) is 3.46. The Morgan fingerprint density at radius 1 is 1.25 bits per heavy atom. The third kappa shape index (κ3) is 2.06. The lowest BCUT2D eigenvalue weighted by molar-refractivity contribution is 0.250. The van der Waals surface area contributed by atoms with E-state index >= 15 is 0 Å². The molecule has 0 saturated heterocycles. The molecule has 0 aromatic carbocycles. The van der Waals surface area contributed by atoms with E-state index in [1.165, 1.54) is 32.1 Å². The SMILES string of the molecule is CCc1c(N)nnn1C1CCC(CC)CC1. The maximum atomic E-state index is 5.82. The van der Waals surface area contributed by atoms with Gasteiger partial charge in [0.05, 0.1) is 11.7 Å². The van der Waals surface area contributed by atoms with E-state index in [9.17, 15) is 0 Å². The highest BCUT2D eigenvalue weighted by molar-refractivity contribution is 5.33. The van der Waals surface area contributed by atoms with Gasteiger partial charge in [-0.2, -0.15) is 0 Å². The number of anilines is 1. The molecule has 1 aromatic rings.